The molecule has 0 aromatic heterocycles. The molecule has 0 aliphatic heterocycles. The van der Waals surface area contributed by atoms with E-state index in [0.717, 1.165) is 29.3 Å². The van der Waals surface area contributed by atoms with Gasteiger partial charge in [-0.15, -0.1) is 0 Å². The summed E-state index contributed by atoms with van der Waals surface area (Å²) in [6.07, 6.45) is 3.97. The molecule has 0 aromatic rings. The summed E-state index contributed by atoms with van der Waals surface area (Å²) in [6, 6.07) is 0. The van der Waals surface area contributed by atoms with Gasteiger partial charge in [0.05, 0.1) is 0 Å². The van der Waals surface area contributed by atoms with Crippen molar-refractivity contribution in [3.8, 4) is 0 Å². The topological polar surface area (TPSA) is 26.3 Å². The van der Waals surface area contributed by atoms with Crippen LogP contribution in [0.2, 0.25) is 10.6 Å². The van der Waals surface area contributed by atoms with Gasteiger partial charge in [-0.2, -0.15) is 0 Å². The SMILES string of the molecule is CC(C)CCCCC(=O)[O][Al]([CH2]C(C)C)[CH2]C(C)C. The first kappa shape index (κ1) is 19.0. The minimum absolute atomic E-state index is 0.0572. The van der Waals surface area contributed by atoms with Crippen molar-refractivity contribution in [2.24, 2.45) is 17.8 Å². The van der Waals surface area contributed by atoms with Gasteiger partial charge in [0, 0.05) is 6.42 Å². The highest BCUT2D eigenvalue weighted by molar-refractivity contribution is 6.53. The molecule has 0 rings (SSSR count). The van der Waals surface area contributed by atoms with Crippen molar-refractivity contribution in [1.82, 2.24) is 0 Å². The highest BCUT2D eigenvalue weighted by atomic mass is 27.2. The van der Waals surface area contributed by atoms with Crippen LogP contribution in [0.1, 0.15) is 67.2 Å². The number of carbonyl (C=O) groups is 1. The van der Waals surface area contributed by atoms with Gasteiger partial charge in [0.1, 0.15) is 0 Å². The van der Waals surface area contributed by atoms with Gasteiger partial charge in [-0.1, -0.05) is 76.8 Å². The van der Waals surface area contributed by atoms with Gasteiger partial charge in [0.2, 0.25) is 0 Å². The van der Waals surface area contributed by atoms with Crippen LogP contribution in [0.25, 0.3) is 0 Å². The Hall–Kier alpha value is 0.00247. The number of rotatable bonds is 10. The minimum atomic E-state index is -1.33. The summed E-state index contributed by atoms with van der Waals surface area (Å²) in [6.45, 7) is 13.3. The van der Waals surface area contributed by atoms with Crippen LogP contribution in [-0.4, -0.2) is 20.5 Å². The molecule has 0 amide bonds. The van der Waals surface area contributed by atoms with Crippen LogP contribution >= 0.6 is 0 Å². The maximum atomic E-state index is 11.9. The molecule has 0 aromatic carbocycles. The molecule has 0 saturated carbocycles. The zero-order valence-electron chi connectivity index (χ0n) is 13.9. The summed E-state index contributed by atoms with van der Waals surface area (Å²) < 4.78 is 5.78. The summed E-state index contributed by atoms with van der Waals surface area (Å²) in [7, 11) is 0. The van der Waals surface area contributed by atoms with E-state index in [1.165, 1.54) is 6.42 Å². The van der Waals surface area contributed by atoms with Gasteiger partial charge in [-0.25, -0.2) is 0 Å². The lowest BCUT2D eigenvalue weighted by molar-refractivity contribution is -0.135. The zero-order chi connectivity index (χ0) is 14.8. The summed E-state index contributed by atoms with van der Waals surface area (Å²) in [5, 5.41) is 2.24. The second-order valence-electron chi connectivity index (χ2n) is 7.01. The van der Waals surface area contributed by atoms with Crippen LogP contribution in [0.15, 0.2) is 0 Å². The fourth-order valence-electron chi connectivity index (χ4n) is 2.31. The van der Waals surface area contributed by atoms with Crippen molar-refractivity contribution in [2.45, 2.75) is 77.8 Å². The molecule has 0 spiro atoms. The van der Waals surface area contributed by atoms with Crippen molar-refractivity contribution in [2.75, 3.05) is 0 Å². The highest BCUT2D eigenvalue weighted by Gasteiger charge is 2.27. The van der Waals surface area contributed by atoms with Crippen LogP contribution in [0.5, 0.6) is 0 Å². The molecule has 0 atom stereocenters. The molecular formula is C16H33AlO2. The largest absolute Gasteiger partial charge is 0.616 e. The maximum Gasteiger partial charge on any atom is 0.549 e. The summed E-state index contributed by atoms with van der Waals surface area (Å²) in [5.74, 6) is 2.08. The Kier molecular flexibility index (Phi) is 10.8. The Morgan fingerprint density at radius 1 is 0.895 bits per heavy atom. The third kappa shape index (κ3) is 12.8. The lowest BCUT2D eigenvalue weighted by Crippen LogP contribution is -2.25. The van der Waals surface area contributed by atoms with Gasteiger partial charge >= 0.3 is 14.5 Å². The average molecular weight is 284 g/mol. The van der Waals surface area contributed by atoms with Gasteiger partial charge in [0.25, 0.3) is 5.97 Å². The second-order valence-corrected chi connectivity index (χ2v) is 9.43. The molecule has 112 valence electrons. The smallest absolute Gasteiger partial charge is 0.549 e. The molecule has 2 nitrogen and oxygen atoms in total. The van der Waals surface area contributed by atoms with Crippen LogP contribution in [0, 0.1) is 17.8 Å². The second kappa shape index (κ2) is 10.8. The average Bonchev–Trinajstić information content (AvgIpc) is 2.22. The molecule has 3 heteroatoms. The minimum Gasteiger partial charge on any atom is -0.616 e. The van der Waals surface area contributed by atoms with E-state index in [1.807, 2.05) is 0 Å². The monoisotopic (exact) mass is 284 g/mol. The first-order valence-electron chi connectivity index (χ1n) is 8.00. The van der Waals surface area contributed by atoms with E-state index in [9.17, 15) is 4.79 Å². The number of hydrogen-bond donors (Lipinski definition) is 0. The molecule has 0 bridgehead atoms. The molecule has 0 radical (unpaired) electrons. The Morgan fingerprint density at radius 3 is 1.84 bits per heavy atom. The van der Waals surface area contributed by atoms with Gasteiger partial charge in [-0.05, 0) is 12.3 Å². The lowest BCUT2D eigenvalue weighted by Gasteiger charge is -2.17. The highest BCUT2D eigenvalue weighted by Crippen LogP contribution is 2.17. The normalized spacial score (nSPS) is 11.4. The van der Waals surface area contributed by atoms with Crippen molar-refractivity contribution in [3.05, 3.63) is 0 Å². The molecule has 0 aliphatic rings. The fraction of sp³-hybridized carbons (Fsp3) is 0.938. The Morgan fingerprint density at radius 2 is 1.42 bits per heavy atom. The molecule has 0 aliphatic carbocycles. The van der Waals surface area contributed by atoms with Crippen LogP contribution < -0.4 is 0 Å². The molecule has 0 saturated heterocycles. The number of carbonyl (C=O) groups excluding carboxylic acids is 1. The van der Waals surface area contributed by atoms with E-state index < -0.39 is 14.5 Å². The first-order valence-corrected chi connectivity index (χ1v) is 10.1. The summed E-state index contributed by atoms with van der Waals surface area (Å²) >= 11 is -1.33. The molecule has 0 heterocycles. The molecular weight excluding hydrogens is 251 g/mol. The van der Waals surface area contributed by atoms with Crippen molar-refractivity contribution in [1.29, 1.82) is 0 Å². The fourth-order valence-corrected chi connectivity index (χ4v) is 5.29. The first-order chi connectivity index (χ1) is 8.81. The van der Waals surface area contributed by atoms with E-state index in [0.29, 0.717) is 18.3 Å². The van der Waals surface area contributed by atoms with E-state index >= 15 is 0 Å². The van der Waals surface area contributed by atoms with Gasteiger partial charge in [0.15, 0.2) is 0 Å². The number of hydrogen-bond acceptors (Lipinski definition) is 2. The molecule has 0 N–H and O–H groups in total. The van der Waals surface area contributed by atoms with Crippen LogP contribution in [0.3, 0.4) is 0 Å². The van der Waals surface area contributed by atoms with Crippen LogP contribution in [0.4, 0.5) is 0 Å². The van der Waals surface area contributed by atoms with E-state index in [-0.39, 0.29) is 5.97 Å². The summed E-state index contributed by atoms with van der Waals surface area (Å²) in [4.78, 5) is 11.9. The van der Waals surface area contributed by atoms with Crippen molar-refractivity contribution < 1.29 is 8.58 Å². The lowest BCUT2D eigenvalue weighted by atomic mass is 10.1. The Bertz CT molecular complexity index is 227. The molecule has 0 unspecified atom stereocenters. The van der Waals surface area contributed by atoms with Gasteiger partial charge < -0.3 is 3.79 Å². The van der Waals surface area contributed by atoms with Gasteiger partial charge in [-0.3, -0.25) is 4.79 Å². The summed E-state index contributed by atoms with van der Waals surface area (Å²) in [5.41, 5.74) is 0. The van der Waals surface area contributed by atoms with E-state index in [1.54, 1.807) is 0 Å². The van der Waals surface area contributed by atoms with E-state index in [4.69, 9.17) is 3.79 Å². The Balaban J connectivity index is 3.94. The predicted octanol–water partition coefficient (Wildman–Crippen LogP) is 5.05. The maximum absolute atomic E-state index is 11.9. The Labute approximate surface area is 125 Å². The van der Waals surface area contributed by atoms with Crippen LogP contribution in [-0.2, 0) is 8.58 Å². The van der Waals surface area contributed by atoms with Crippen molar-refractivity contribution >= 4 is 20.5 Å². The molecule has 19 heavy (non-hydrogen) atoms. The quantitative estimate of drug-likeness (QED) is 0.414. The third-order valence-corrected chi connectivity index (χ3v) is 6.71. The van der Waals surface area contributed by atoms with E-state index in [2.05, 4.69) is 41.5 Å². The number of unbranched alkanes of at least 4 members (excludes halogenated alkanes) is 1. The zero-order valence-corrected chi connectivity index (χ0v) is 15.0. The standard InChI is InChI=1S/C8H16O2.2C4H9.Al/c1-7(2)5-3-4-6-8(9)10;2*1-4(2)3;/h7H,3-6H2,1-2H3,(H,9,10);2*4H,1H2,2-3H3;/q;;;+1/p-1. The third-order valence-electron chi connectivity index (χ3n) is 3.18. The molecule has 0 fully saturated rings. The predicted molar refractivity (Wildman–Crippen MR) is 84.4 cm³/mol. The van der Waals surface area contributed by atoms with Crippen molar-refractivity contribution in [3.63, 3.8) is 0 Å².